The van der Waals surface area contributed by atoms with Crippen molar-refractivity contribution in [2.45, 2.75) is 52.4 Å². The van der Waals surface area contributed by atoms with Gasteiger partial charge in [-0.2, -0.15) is 0 Å². The molecule has 0 radical (unpaired) electrons. The summed E-state index contributed by atoms with van der Waals surface area (Å²) >= 11 is 0. The average Bonchev–Trinajstić information content (AvgIpc) is 2.65. The van der Waals surface area contributed by atoms with Crippen LogP contribution in [0.5, 0.6) is 0 Å². The smallest absolute Gasteiger partial charge is 0.222 e. The Balaban J connectivity index is 2.14. The topological polar surface area (TPSA) is 52.7 Å². The van der Waals surface area contributed by atoms with E-state index in [2.05, 4.69) is 43.2 Å². The third-order valence-electron chi connectivity index (χ3n) is 4.32. The van der Waals surface area contributed by atoms with E-state index in [0.717, 1.165) is 38.9 Å². The Morgan fingerprint density at radius 3 is 2.19 bits per heavy atom. The highest BCUT2D eigenvalue weighted by atomic mass is 16.2. The van der Waals surface area contributed by atoms with Gasteiger partial charge in [0.05, 0.1) is 0 Å². The van der Waals surface area contributed by atoms with Gasteiger partial charge in [0.2, 0.25) is 11.8 Å². The molecule has 0 unspecified atom stereocenters. The molecule has 1 aromatic rings. The summed E-state index contributed by atoms with van der Waals surface area (Å²) in [6, 6.07) is 10.2. The maximum atomic E-state index is 12.2. The van der Waals surface area contributed by atoms with Gasteiger partial charge in [0.15, 0.2) is 0 Å². The highest BCUT2D eigenvalue weighted by Gasteiger charge is 2.12. The van der Waals surface area contributed by atoms with Crippen LogP contribution in [0, 0.1) is 0 Å². The molecule has 5 heteroatoms. The number of anilines is 1. The van der Waals surface area contributed by atoms with E-state index in [4.69, 9.17) is 0 Å². The molecular formula is C21H35N3O2. The quantitative estimate of drug-likeness (QED) is 0.548. The van der Waals surface area contributed by atoms with Gasteiger partial charge >= 0.3 is 0 Å². The summed E-state index contributed by atoms with van der Waals surface area (Å²) in [5.41, 5.74) is 1.18. The maximum Gasteiger partial charge on any atom is 0.222 e. The first kappa shape index (κ1) is 22.0. The van der Waals surface area contributed by atoms with Gasteiger partial charge in [-0.25, -0.2) is 0 Å². The van der Waals surface area contributed by atoms with E-state index in [1.54, 1.807) is 0 Å². The van der Waals surface area contributed by atoms with Gasteiger partial charge in [-0.05, 0) is 37.8 Å². The van der Waals surface area contributed by atoms with Crippen LogP contribution in [-0.2, 0) is 9.59 Å². The summed E-state index contributed by atoms with van der Waals surface area (Å²) in [7, 11) is 2.06. The first-order valence-electron chi connectivity index (χ1n) is 9.89. The fraction of sp³-hybridized carbons (Fsp3) is 0.619. The zero-order valence-electron chi connectivity index (χ0n) is 16.7. The van der Waals surface area contributed by atoms with Crippen molar-refractivity contribution in [3.05, 3.63) is 30.3 Å². The molecule has 0 aliphatic rings. The lowest BCUT2D eigenvalue weighted by atomic mass is 10.2. The minimum Gasteiger partial charge on any atom is -0.375 e. The lowest BCUT2D eigenvalue weighted by molar-refractivity contribution is -0.131. The second-order valence-corrected chi connectivity index (χ2v) is 6.69. The van der Waals surface area contributed by atoms with Crippen LogP contribution in [0.1, 0.15) is 52.4 Å². The van der Waals surface area contributed by atoms with E-state index in [1.807, 2.05) is 23.1 Å². The number of rotatable bonds is 13. The van der Waals surface area contributed by atoms with Gasteiger partial charge in [0, 0.05) is 51.8 Å². The molecule has 0 saturated carbocycles. The Morgan fingerprint density at radius 1 is 0.923 bits per heavy atom. The average molecular weight is 362 g/mol. The van der Waals surface area contributed by atoms with Crippen LogP contribution in [0.25, 0.3) is 0 Å². The second-order valence-electron chi connectivity index (χ2n) is 6.69. The van der Waals surface area contributed by atoms with Crippen LogP contribution in [0.15, 0.2) is 30.3 Å². The molecule has 0 fully saturated rings. The number of benzene rings is 1. The van der Waals surface area contributed by atoms with Gasteiger partial charge in [0.1, 0.15) is 0 Å². The predicted molar refractivity (Wildman–Crippen MR) is 108 cm³/mol. The lowest BCUT2D eigenvalue weighted by Gasteiger charge is -2.21. The first-order valence-corrected chi connectivity index (χ1v) is 9.89. The van der Waals surface area contributed by atoms with Crippen molar-refractivity contribution in [1.29, 1.82) is 0 Å². The maximum absolute atomic E-state index is 12.2. The molecule has 1 aromatic carbocycles. The van der Waals surface area contributed by atoms with E-state index in [0.29, 0.717) is 25.8 Å². The van der Waals surface area contributed by atoms with Crippen molar-refractivity contribution in [2.24, 2.45) is 0 Å². The molecule has 0 heterocycles. The van der Waals surface area contributed by atoms with E-state index in [9.17, 15) is 9.59 Å². The number of nitrogens with one attached hydrogen (secondary N) is 1. The monoisotopic (exact) mass is 361 g/mol. The zero-order chi connectivity index (χ0) is 19.2. The van der Waals surface area contributed by atoms with E-state index >= 15 is 0 Å². The Morgan fingerprint density at radius 2 is 1.58 bits per heavy atom. The molecule has 1 rings (SSSR count). The van der Waals surface area contributed by atoms with Gasteiger partial charge in [-0.3, -0.25) is 9.59 Å². The highest BCUT2D eigenvalue weighted by molar-refractivity contribution is 5.78. The molecule has 0 bridgehead atoms. The van der Waals surface area contributed by atoms with Crippen LogP contribution in [0.2, 0.25) is 0 Å². The largest absolute Gasteiger partial charge is 0.375 e. The summed E-state index contributed by atoms with van der Waals surface area (Å²) in [6.45, 7) is 7.35. The number of hydrogen-bond acceptors (Lipinski definition) is 3. The summed E-state index contributed by atoms with van der Waals surface area (Å²) in [6.07, 6.45) is 4.36. The fourth-order valence-electron chi connectivity index (χ4n) is 2.90. The SMILES string of the molecule is CCCN(CCC)C(=O)CCCC(=O)NCCCN(C)c1ccccc1. The molecule has 26 heavy (non-hydrogen) atoms. The first-order chi connectivity index (χ1) is 12.6. The van der Waals surface area contributed by atoms with Crippen molar-refractivity contribution >= 4 is 17.5 Å². The zero-order valence-corrected chi connectivity index (χ0v) is 16.7. The molecule has 0 aliphatic carbocycles. The van der Waals surface area contributed by atoms with Crippen molar-refractivity contribution in [3.8, 4) is 0 Å². The minimum atomic E-state index is 0.0395. The van der Waals surface area contributed by atoms with Gasteiger partial charge in [-0.15, -0.1) is 0 Å². The molecule has 0 spiro atoms. The van der Waals surface area contributed by atoms with Crippen molar-refractivity contribution in [1.82, 2.24) is 10.2 Å². The van der Waals surface area contributed by atoms with E-state index in [-0.39, 0.29) is 11.8 Å². The molecule has 5 nitrogen and oxygen atoms in total. The summed E-state index contributed by atoms with van der Waals surface area (Å²) in [5.74, 6) is 0.212. The number of carbonyl (C=O) groups is 2. The summed E-state index contributed by atoms with van der Waals surface area (Å²) < 4.78 is 0. The van der Waals surface area contributed by atoms with Gasteiger partial charge in [0.25, 0.3) is 0 Å². The molecule has 0 saturated heterocycles. The lowest BCUT2D eigenvalue weighted by Crippen LogP contribution is -2.32. The number of amides is 2. The number of para-hydroxylation sites is 1. The Kier molecular flexibility index (Phi) is 11.2. The van der Waals surface area contributed by atoms with Crippen LogP contribution in [-0.4, -0.2) is 49.9 Å². The van der Waals surface area contributed by atoms with E-state index in [1.165, 1.54) is 5.69 Å². The van der Waals surface area contributed by atoms with Crippen molar-refractivity contribution in [2.75, 3.05) is 38.1 Å². The molecular weight excluding hydrogens is 326 g/mol. The summed E-state index contributed by atoms with van der Waals surface area (Å²) in [4.78, 5) is 28.2. The molecule has 0 atom stereocenters. The predicted octanol–water partition coefficient (Wildman–Crippen LogP) is 3.45. The fourth-order valence-corrected chi connectivity index (χ4v) is 2.90. The number of nitrogens with zero attached hydrogens (tertiary/aromatic N) is 2. The van der Waals surface area contributed by atoms with E-state index < -0.39 is 0 Å². The van der Waals surface area contributed by atoms with Crippen LogP contribution < -0.4 is 10.2 Å². The van der Waals surface area contributed by atoms with Gasteiger partial charge in [-0.1, -0.05) is 32.0 Å². The molecule has 146 valence electrons. The normalized spacial score (nSPS) is 10.4. The van der Waals surface area contributed by atoms with Gasteiger partial charge < -0.3 is 15.1 Å². The second kappa shape index (κ2) is 13.2. The Hall–Kier alpha value is -2.04. The summed E-state index contributed by atoms with van der Waals surface area (Å²) in [5, 5.41) is 2.95. The molecule has 0 aromatic heterocycles. The Labute approximate surface area is 158 Å². The number of carbonyl (C=O) groups excluding carboxylic acids is 2. The minimum absolute atomic E-state index is 0.0395. The van der Waals surface area contributed by atoms with Crippen LogP contribution >= 0.6 is 0 Å². The van der Waals surface area contributed by atoms with Crippen molar-refractivity contribution in [3.63, 3.8) is 0 Å². The van der Waals surface area contributed by atoms with Crippen LogP contribution in [0.3, 0.4) is 0 Å². The molecule has 2 amide bonds. The standard InChI is InChI=1S/C21H35N3O2/c1-4-16-24(17-5-2)21(26)14-9-13-20(25)22-15-10-18-23(3)19-11-7-6-8-12-19/h6-8,11-12H,4-5,9-10,13-18H2,1-3H3,(H,22,25). The van der Waals surface area contributed by atoms with Crippen LogP contribution in [0.4, 0.5) is 5.69 Å². The number of hydrogen-bond donors (Lipinski definition) is 1. The third kappa shape index (κ3) is 8.88. The van der Waals surface area contributed by atoms with Crippen molar-refractivity contribution < 1.29 is 9.59 Å². The Bertz CT molecular complexity index is 513. The third-order valence-corrected chi connectivity index (χ3v) is 4.32. The highest BCUT2D eigenvalue weighted by Crippen LogP contribution is 2.10. The molecule has 1 N–H and O–H groups in total. The molecule has 0 aliphatic heterocycles.